The molecule has 0 bridgehead atoms. The third-order valence-electron chi connectivity index (χ3n) is 3.76. The predicted octanol–water partition coefficient (Wildman–Crippen LogP) is 3.83. The van der Waals surface area contributed by atoms with E-state index in [9.17, 15) is 5.11 Å². The van der Waals surface area contributed by atoms with Crippen LogP contribution >= 0.6 is 12.2 Å². The van der Waals surface area contributed by atoms with Gasteiger partial charge >= 0.3 is 0 Å². The van der Waals surface area contributed by atoms with Gasteiger partial charge in [-0.3, -0.25) is 0 Å². The Morgan fingerprint density at radius 2 is 2.10 bits per heavy atom. The van der Waals surface area contributed by atoms with Crippen molar-refractivity contribution in [1.82, 2.24) is 4.57 Å². The molecule has 3 N–H and O–H groups in total. The number of hydrogen-bond donors (Lipinski definition) is 2. The molecule has 6 heteroatoms. The maximum Gasteiger partial charge on any atom is 0.221 e. The number of hydrogen-bond acceptors (Lipinski definition) is 3. The minimum Gasteiger partial charge on any atom is -0.493 e. The molecular weight excluding hydrogens is 284 g/mol. The molecule has 0 atom stereocenters. The van der Waals surface area contributed by atoms with Crippen molar-refractivity contribution in [2.24, 2.45) is 16.0 Å². The Morgan fingerprint density at radius 1 is 1.38 bits per heavy atom. The monoisotopic (exact) mass is 300 g/mol. The van der Waals surface area contributed by atoms with Crippen LogP contribution in [0.4, 0.5) is 5.69 Å². The van der Waals surface area contributed by atoms with Crippen LogP contribution in [-0.2, 0) is 5.54 Å². The molecule has 108 valence electrons. The molecule has 1 aliphatic heterocycles. The molecule has 5 nitrogen and oxygen atoms in total. The Morgan fingerprint density at radius 3 is 2.76 bits per heavy atom. The highest BCUT2D eigenvalue weighted by Gasteiger charge is 2.31. The number of aromatic hydroxyl groups is 1. The fraction of sp³-hybridized carbons (Fsp3) is 0.267. The maximum absolute atomic E-state index is 10.6. The lowest BCUT2D eigenvalue weighted by Gasteiger charge is -2.30. The Hall–Kier alpha value is -2.21. The molecule has 21 heavy (non-hydrogen) atoms. The van der Waals surface area contributed by atoms with Crippen molar-refractivity contribution >= 4 is 39.5 Å². The van der Waals surface area contributed by atoms with Crippen LogP contribution in [0, 0.1) is 0 Å². The quantitative estimate of drug-likeness (QED) is 0.621. The highest BCUT2D eigenvalue weighted by Crippen LogP contribution is 2.47. The van der Waals surface area contributed by atoms with Crippen LogP contribution in [0.25, 0.3) is 16.5 Å². The van der Waals surface area contributed by atoms with Gasteiger partial charge in [-0.2, -0.15) is 0 Å². The van der Waals surface area contributed by atoms with Crippen molar-refractivity contribution in [2.45, 2.75) is 26.3 Å². The van der Waals surface area contributed by atoms with Crippen LogP contribution in [0.2, 0.25) is 0 Å². The van der Waals surface area contributed by atoms with E-state index < -0.39 is 0 Å². The fourth-order valence-electron chi connectivity index (χ4n) is 3.06. The first-order valence-corrected chi connectivity index (χ1v) is 7.01. The molecule has 0 saturated carbocycles. The standard InChI is InChI=1S/C15H16N4OS/c1-8-7-15(2,3)19-12-9(8)5-4-6-10(12)11(13(19)20)17-18-14(16)21/h4-7,20H,1-3H3,(H2,16,21). The lowest BCUT2D eigenvalue weighted by Crippen LogP contribution is -2.26. The largest absolute Gasteiger partial charge is 0.493 e. The van der Waals surface area contributed by atoms with Crippen LogP contribution in [0.3, 0.4) is 0 Å². The summed E-state index contributed by atoms with van der Waals surface area (Å²) >= 11 is 4.72. The lowest BCUT2D eigenvalue weighted by atomic mass is 9.92. The van der Waals surface area contributed by atoms with Gasteiger partial charge in [-0.25, -0.2) is 0 Å². The zero-order chi connectivity index (χ0) is 15.4. The summed E-state index contributed by atoms with van der Waals surface area (Å²) in [5.41, 5.74) is 8.63. The molecule has 0 spiro atoms. The summed E-state index contributed by atoms with van der Waals surface area (Å²) in [6.45, 7) is 6.15. The van der Waals surface area contributed by atoms with Crippen LogP contribution in [0.1, 0.15) is 26.3 Å². The number of rotatable bonds is 1. The number of allylic oxidation sites excluding steroid dienone is 2. The first-order valence-electron chi connectivity index (χ1n) is 6.61. The number of nitrogens with two attached hydrogens (primary N) is 1. The van der Waals surface area contributed by atoms with E-state index in [1.165, 1.54) is 5.57 Å². The fourth-order valence-corrected chi connectivity index (χ4v) is 3.10. The normalized spacial score (nSPS) is 16.4. The minimum absolute atomic E-state index is 0.0603. The van der Waals surface area contributed by atoms with Crippen molar-refractivity contribution in [1.29, 1.82) is 0 Å². The van der Waals surface area contributed by atoms with Crippen LogP contribution < -0.4 is 5.73 Å². The van der Waals surface area contributed by atoms with E-state index in [2.05, 4.69) is 23.2 Å². The Balaban J connectivity index is 2.42. The van der Waals surface area contributed by atoms with Gasteiger partial charge in [0.25, 0.3) is 0 Å². The van der Waals surface area contributed by atoms with Crippen molar-refractivity contribution < 1.29 is 5.11 Å². The zero-order valence-corrected chi connectivity index (χ0v) is 12.9. The second-order valence-electron chi connectivity index (χ2n) is 5.73. The highest BCUT2D eigenvalue weighted by molar-refractivity contribution is 7.80. The van der Waals surface area contributed by atoms with Crippen LogP contribution in [-0.4, -0.2) is 14.8 Å². The molecule has 0 aliphatic carbocycles. The second kappa shape index (κ2) is 4.39. The third kappa shape index (κ3) is 1.94. The molecule has 0 amide bonds. The van der Waals surface area contributed by atoms with Gasteiger partial charge in [0.2, 0.25) is 11.0 Å². The zero-order valence-electron chi connectivity index (χ0n) is 12.1. The lowest BCUT2D eigenvalue weighted by molar-refractivity contribution is 0.362. The molecule has 2 aromatic rings. The van der Waals surface area contributed by atoms with E-state index in [-0.39, 0.29) is 16.5 Å². The smallest absolute Gasteiger partial charge is 0.221 e. The molecule has 1 aromatic heterocycles. The average molecular weight is 300 g/mol. The first-order chi connectivity index (χ1) is 9.83. The average Bonchev–Trinajstić information content (AvgIpc) is 2.67. The second-order valence-corrected chi connectivity index (χ2v) is 6.15. The molecule has 3 rings (SSSR count). The number of azo groups is 1. The molecule has 0 fully saturated rings. The van der Waals surface area contributed by atoms with Gasteiger partial charge in [-0.1, -0.05) is 24.3 Å². The first kappa shape index (κ1) is 13.8. The summed E-state index contributed by atoms with van der Waals surface area (Å²) in [5, 5.41) is 19.1. The van der Waals surface area contributed by atoms with Crippen molar-refractivity contribution in [3.05, 3.63) is 29.8 Å². The molecule has 2 heterocycles. The van der Waals surface area contributed by atoms with Crippen molar-refractivity contribution in [3.63, 3.8) is 0 Å². The molecular formula is C15H16N4OS. The summed E-state index contributed by atoms with van der Waals surface area (Å²) in [6, 6.07) is 5.89. The predicted molar refractivity (Wildman–Crippen MR) is 87.9 cm³/mol. The minimum atomic E-state index is -0.349. The topological polar surface area (TPSA) is 75.9 Å². The molecule has 0 unspecified atom stereocenters. The van der Waals surface area contributed by atoms with E-state index in [4.69, 9.17) is 18.0 Å². The molecule has 1 aliphatic rings. The van der Waals surface area contributed by atoms with E-state index in [0.29, 0.717) is 5.69 Å². The summed E-state index contributed by atoms with van der Waals surface area (Å²) < 4.78 is 1.87. The number of thiocarbonyl (C=S) groups is 1. The summed E-state index contributed by atoms with van der Waals surface area (Å²) in [4.78, 5) is 0. The van der Waals surface area contributed by atoms with Crippen molar-refractivity contribution in [2.75, 3.05) is 0 Å². The third-order valence-corrected chi connectivity index (χ3v) is 3.84. The van der Waals surface area contributed by atoms with Gasteiger partial charge in [-0.05, 0) is 38.6 Å². The van der Waals surface area contributed by atoms with Gasteiger partial charge in [0.1, 0.15) is 0 Å². The maximum atomic E-state index is 10.6. The van der Waals surface area contributed by atoms with E-state index in [1.54, 1.807) is 0 Å². The molecule has 1 aromatic carbocycles. The summed E-state index contributed by atoms with van der Waals surface area (Å²) in [6.07, 6.45) is 2.13. The number of nitrogens with zero attached hydrogens (tertiary/aromatic N) is 3. The summed E-state index contributed by atoms with van der Waals surface area (Å²) in [7, 11) is 0. The van der Waals surface area contributed by atoms with E-state index in [1.807, 2.05) is 36.6 Å². The number of para-hydroxylation sites is 1. The van der Waals surface area contributed by atoms with Gasteiger partial charge in [0.15, 0.2) is 5.69 Å². The SMILES string of the molecule is CC1=CC(C)(C)n2c(O)c(N=NC(N)=S)c3cccc1c32. The van der Waals surface area contributed by atoms with Crippen LogP contribution in [0.15, 0.2) is 34.5 Å². The Labute approximate surface area is 127 Å². The molecule has 0 saturated heterocycles. The number of benzene rings is 1. The van der Waals surface area contributed by atoms with Gasteiger partial charge < -0.3 is 15.4 Å². The van der Waals surface area contributed by atoms with E-state index >= 15 is 0 Å². The van der Waals surface area contributed by atoms with Gasteiger partial charge in [0, 0.05) is 10.9 Å². The van der Waals surface area contributed by atoms with Gasteiger partial charge in [0.05, 0.1) is 11.1 Å². The number of aromatic nitrogens is 1. The molecule has 0 radical (unpaired) electrons. The van der Waals surface area contributed by atoms with Crippen molar-refractivity contribution in [3.8, 4) is 5.88 Å². The van der Waals surface area contributed by atoms with E-state index in [0.717, 1.165) is 16.5 Å². The van der Waals surface area contributed by atoms with Gasteiger partial charge in [-0.15, -0.1) is 10.2 Å². The summed E-state index contributed by atoms with van der Waals surface area (Å²) in [5.74, 6) is 0.0752. The highest BCUT2D eigenvalue weighted by atomic mass is 32.1. The Bertz CT molecular complexity index is 830. The Kier molecular flexibility index (Phi) is 2.88. The van der Waals surface area contributed by atoms with Crippen LogP contribution in [0.5, 0.6) is 5.88 Å².